The van der Waals surface area contributed by atoms with Gasteiger partial charge < -0.3 is 4.74 Å². The van der Waals surface area contributed by atoms with Gasteiger partial charge in [0.2, 0.25) is 0 Å². The molecule has 0 bridgehead atoms. The minimum atomic E-state index is -0.144. The molecule has 0 N–H and O–H groups in total. The molecule has 0 amide bonds. The second-order valence-corrected chi connectivity index (χ2v) is 7.46. The molecule has 0 saturated heterocycles. The van der Waals surface area contributed by atoms with Crippen LogP contribution in [0.1, 0.15) is 58.1 Å². The summed E-state index contributed by atoms with van der Waals surface area (Å²) in [6, 6.07) is 8.13. The maximum Gasteiger partial charge on any atom is 0.308 e. The Balaban J connectivity index is 1.91. The van der Waals surface area contributed by atoms with Crippen molar-refractivity contribution in [2.75, 3.05) is 6.61 Å². The molecule has 2 rings (SSSR count). The predicted octanol–water partition coefficient (Wildman–Crippen LogP) is 5.25. The van der Waals surface area contributed by atoms with Crippen LogP contribution in [0.15, 0.2) is 36.7 Å². The SMILES string of the molecule is CCCCc1cnc(-c2ccc(CC(C)C(=O)OCC(C)CC)cc2)nc1. The van der Waals surface area contributed by atoms with E-state index in [1.54, 1.807) is 0 Å². The summed E-state index contributed by atoms with van der Waals surface area (Å²) in [5, 5.41) is 0. The molecule has 2 atom stereocenters. The normalized spacial score (nSPS) is 13.2. The Kier molecular flexibility index (Phi) is 8.43. The quantitative estimate of drug-likeness (QED) is 0.537. The third-order valence-electron chi connectivity index (χ3n) is 4.89. The van der Waals surface area contributed by atoms with Crippen molar-refractivity contribution >= 4 is 5.97 Å². The Morgan fingerprint density at radius 1 is 1.04 bits per heavy atom. The van der Waals surface area contributed by atoms with Gasteiger partial charge in [0.25, 0.3) is 0 Å². The molecule has 0 aliphatic carbocycles. The highest BCUT2D eigenvalue weighted by Crippen LogP contribution is 2.18. The molecule has 1 heterocycles. The molecule has 0 spiro atoms. The number of hydrogen-bond acceptors (Lipinski definition) is 4. The largest absolute Gasteiger partial charge is 0.465 e. The van der Waals surface area contributed by atoms with Gasteiger partial charge in [0.15, 0.2) is 5.82 Å². The lowest BCUT2D eigenvalue weighted by Crippen LogP contribution is -2.19. The van der Waals surface area contributed by atoms with E-state index in [4.69, 9.17) is 4.74 Å². The van der Waals surface area contributed by atoms with Crippen molar-refractivity contribution in [3.05, 3.63) is 47.8 Å². The smallest absolute Gasteiger partial charge is 0.308 e. The number of hydrogen-bond donors (Lipinski definition) is 0. The Morgan fingerprint density at radius 2 is 1.70 bits per heavy atom. The zero-order valence-electron chi connectivity index (χ0n) is 17.1. The number of nitrogens with zero attached hydrogens (tertiary/aromatic N) is 2. The first-order valence-electron chi connectivity index (χ1n) is 10.1. The number of aromatic nitrogens is 2. The molecular formula is C23H32N2O2. The van der Waals surface area contributed by atoms with E-state index in [1.807, 2.05) is 43.6 Å². The van der Waals surface area contributed by atoms with Gasteiger partial charge in [0.05, 0.1) is 12.5 Å². The molecule has 0 aliphatic heterocycles. The molecule has 2 aromatic rings. The minimum Gasteiger partial charge on any atom is -0.465 e. The van der Waals surface area contributed by atoms with E-state index in [0.717, 1.165) is 36.2 Å². The average Bonchev–Trinajstić information content (AvgIpc) is 2.71. The summed E-state index contributed by atoms with van der Waals surface area (Å²) >= 11 is 0. The maximum absolute atomic E-state index is 12.1. The van der Waals surface area contributed by atoms with Gasteiger partial charge in [-0.2, -0.15) is 0 Å². The number of carbonyl (C=O) groups is 1. The first kappa shape index (κ1) is 21.1. The molecule has 2 unspecified atom stereocenters. The van der Waals surface area contributed by atoms with Crippen LogP contribution in [0.4, 0.5) is 0 Å². The van der Waals surface area contributed by atoms with Gasteiger partial charge in [-0.05, 0) is 36.3 Å². The van der Waals surface area contributed by atoms with E-state index in [0.29, 0.717) is 18.9 Å². The molecule has 0 radical (unpaired) electrons. The van der Waals surface area contributed by atoms with Crippen LogP contribution in [0, 0.1) is 11.8 Å². The Morgan fingerprint density at radius 3 is 2.30 bits per heavy atom. The molecule has 1 aromatic carbocycles. The number of rotatable bonds is 10. The van der Waals surface area contributed by atoms with Crippen LogP contribution in [-0.2, 0) is 22.4 Å². The second-order valence-electron chi connectivity index (χ2n) is 7.46. The number of carbonyl (C=O) groups excluding carboxylic acids is 1. The number of ether oxygens (including phenoxy) is 1. The lowest BCUT2D eigenvalue weighted by Gasteiger charge is -2.14. The van der Waals surface area contributed by atoms with Crippen molar-refractivity contribution in [1.29, 1.82) is 0 Å². The lowest BCUT2D eigenvalue weighted by atomic mass is 10.00. The summed E-state index contributed by atoms with van der Waals surface area (Å²) in [5.74, 6) is 0.885. The maximum atomic E-state index is 12.1. The van der Waals surface area contributed by atoms with E-state index in [1.165, 1.54) is 12.0 Å². The Hall–Kier alpha value is -2.23. The fourth-order valence-electron chi connectivity index (χ4n) is 2.73. The van der Waals surface area contributed by atoms with Crippen molar-refractivity contribution in [1.82, 2.24) is 9.97 Å². The summed E-state index contributed by atoms with van der Waals surface area (Å²) in [5.41, 5.74) is 3.29. The molecular weight excluding hydrogens is 336 g/mol. The topological polar surface area (TPSA) is 52.1 Å². The summed E-state index contributed by atoms with van der Waals surface area (Å²) in [7, 11) is 0. The van der Waals surface area contributed by atoms with Gasteiger partial charge in [0, 0.05) is 18.0 Å². The van der Waals surface area contributed by atoms with E-state index in [9.17, 15) is 4.79 Å². The van der Waals surface area contributed by atoms with E-state index in [2.05, 4.69) is 30.7 Å². The number of aryl methyl sites for hydroxylation is 1. The Bertz CT molecular complexity index is 695. The van der Waals surface area contributed by atoms with Crippen molar-refractivity contribution in [2.45, 2.75) is 59.8 Å². The van der Waals surface area contributed by atoms with Crippen molar-refractivity contribution in [2.24, 2.45) is 11.8 Å². The number of unbranched alkanes of at least 4 members (excludes halogenated alkanes) is 1. The van der Waals surface area contributed by atoms with Crippen LogP contribution in [0.5, 0.6) is 0 Å². The highest BCUT2D eigenvalue weighted by atomic mass is 16.5. The van der Waals surface area contributed by atoms with Crippen LogP contribution < -0.4 is 0 Å². The monoisotopic (exact) mass is 368 g/mol. The van der Waals surface area contributed by atoms with Crippen molar-refractivity contribution in [3.63, 3.8) is 0 Å². The lowest BCUT2D eigenvalue weighted by molar-refractivity contribution is -0.149. The molecule has 27 heavy (non-hydrogen) atoms. The predicted molar refractivity (Wildman–Crippen MR) is 109 cm³/mol. The highest BCUT2D eigenvalue weighted by molar-refractivity contribution is 5.72. The van der Waals surface area contributed by atoms with Gasteiger partial charge in [-0.15, -0.1) is 0 Å². The van der Waals surface area contributed by atoms with Crippen LogP contribution in [0.2, 0.25) is 0 Å². The Labute approximate surface area is 163 Å². The fourth-order valence-corrected chi connectivity index (χ4v) is 2.73. The highest BCUT2D eigenvalue weighted by Gasteiger charge is 2.16. The molecule has 0 fully saturated rings. The molecule has 146 valence electrons. The molecule has 0 aliphatic rings. The van der Waals surface area contributed by atoms with E-state index in [-0.39, 0.29) is 11.9 Å². The third-order valence-corrected chi connectivity index (χ3v) is 4.89. The third kappa shape index (κ3) is 6.78. The summed E-state index contributed by atoms with van der Waals surface area (Å²) in [6.45, 7) is 8.80. The molecule has 4 nitrogen and oxygen atoms in total. The summed E-state index contributed by atoms with van der Waals surface area (Å²) in [6.07, 6.45) is 8.90. The summed E-state index contributed by atoms with van der Waals surface area (Å²) in [4.78, 5) is 21.1. The number of esters is 1. The summed E-state index contributed by atoms with van der Waals surface area (Å²) < 4.78 is 5.40. The van der Waals surface area contributed by atoms with Crippen LogP contribution >= 0.6 is 0 Å². The van der Waals surface area contributed by atoms with Gasteiger partial charge in [-0.3, -0.25) is 4.79 Å². The fraction of sp³-hybridized carbons (Fsp3) is 0.522. The minimum absolute atomic E-state index is 0.120. The first-order valence-corrected chi connectivity index (χ1v) is 10.1. The van der Waals surface area contributed by atoms with Gasteiger partial charge in [-0.25, -0.2) is 9.97 Å². The standard InChI is InChI=1S/C23H32N2O2/c1-5-7-8-20-14-24-22(25-15-20)21-11-9-19(10-12-21)13-18(4)23(26)27-16-17(3)6-2/h9-12,14-15,17-18H,5-8,13,16H2,1-4H3. The average molecular weight is 369 g/mol. The van der Waals surface area contributed by atoms with Gasteiger partial charge >= 0.3 is 5.97 Å². The van der Waals surface area contributed by atoms with Crippen LogP contribution in [-0.4, -0.2) is 22.5 Å². The zero-order valence-corrected chi connectivity index (χ0v) is 17.1. The number of benzene rings is 1. The molecule has 1 aromatic heterocycles. The molecule has 4 heteroatoms. The van der Waals surface area contributed by atoms with Gasteiger partial charge in [0.1, 0.15) is 0 Å². The zero-order chi connectivity index (χ0) is 19.6. The van der Waals surface area contributed by atoms with Gasteiger partial charge in [-0.1, -0.05) is 64.8 Å². The van der Waals surface area contributed by atoms with Crippen molar-refractivity contribution < 1.29 is 9.53 Å². The second kappa shape index (κ2) is 10.8. The van der Waals surface area contributed by atoms with Crippen molar-refractivity contribution in [3.8, 4) is 11.4 Å². The van der Waals surface area contributed by atoms with E-state index < -0.39 is 0 Å². The van der Waals surface area contributed by atoms with Crippen LogP contribution in [0.3, 0.4) is 0 Å². The van der Waals surface area contributed by atoms with Crippen LogP contribution in [0.25, 0.3) is 11.4 Å². The first-order chi connectivity index (χ1) is 13.0. The molecule has 0 saturated carbocycles. The van der Waals surface area contributed by atoms with E-state index >= 15 is 0 Å².